The number of benzene rings is 2. The molecule has 0 aromatic heterocycles. The van der Waals surface area contributed by atoms with Gasteiger partial charge in [-0.2, -0.15) is 0 Å². The lowest BCUT2D eigenvalue weighted by atomic mass is 10.4. The smallest absolute Gasteiger partial charge is 0.261 e. The molecular formula is C12H9Br2O2P. The van der Waals surface area contributed by atoms with E-state index >= 15 is 0 Å². The first-order valence-electron chi connectivity index (χ1n) is 4.86. The first kappa shape index (κ1) is 13.0. The molecule has 0 atom stereocenters. The summed E-state index contributed by atoms with van der Waals surface area (Å²) < 4.78 is 13.8. The second-order valence-corrected chi connectivity index (χ2v) is 7.30. The highest BCUT2D eigenvalue weighted by Gasteiger charge is 2.28. The Morgan fingerprint density at radius 3 is 1.53 bits per heavy atom. The predicted octanol–water partition coefficient (Wildman–Crippen LogP) is 3.43. The van der Waals surface area contributed by atoms with Crippen molar-refractivity contribution in [1.82, 2.24) is 0 Å². The van der Waals surface area contributed by atoms with Gasteiger partial charge in [-0.15, -0.1) is 0 Å². The number of hydrogen-bond acceptors (Lipinski definition) is 1. The zero-order chi connectivity index (χ0) is 12.5. The van der Waals surface area contributed by atoms with Gasteiger partial charge in [0.05, 0.1) is 10.6 Å². The van der Waals surface area contributed by atoms with Crippen LogP contribution in [0.25, 0.3) is 0 Å². The van der Waals surface area contributed by atoms with Crippen LogP contribution >= 0.6 is 39.2 Å². The van der Waals surface area contributed by atoms with Gasteiger partial charge in [0.2, 0.25) is 0 Å². The Morgan fingerprint density at radius 2 is 1.18 bits per heavy atom. The van der Waals surface area contributed by atoms with Gasteiger partial charge in [0.1, 0.15) is 0 Å². The molecule has 2 rings (SSSR count). The molecule has 88 valence electrons. The Morgan fingerprint density at radius 1 is 0.824 bits per heavy atom. The van der Waals surface area contributed by atoms with E-state index in [0.717, 1.165) is 0 Å². The van der Waals surface area contributed by atoms with Crippen LogP contribution < -0.4 is 10.6 Å². The molecule has 0 saturated heterocycles. The van der Waals surface area contributed by atoms with Crippen molar-refractivity contribution in [3.8, 4) is 0 Å². The van der Waals surface area contributed by atoms with Gasteiger partial charge in [-0.3, -0.25) is 4.57 Å². The van der Waals surface area contributed by atoms with Gasteiger partial charge in [0, 0.05) is 8.95 Å². The zero-order valence-electron chi connectivity index (χ0n) is 8.68. The number of hydrogen-bond donors (Lipinski definition) is 1. The van der Waals surface area contributed by atoms with Gasteiger partial charge in [-0.1, -0.05) is 24.3 Å². The molecule has 0 heterocycles. The molecule has 1 N–H and O–H groups in total. The summed E-state index contributed by atoms with van der Waals surface area (Å²) in [7, 11) is -3.57. The van der Waals surface area contributed by atoms with Crippen LogP contribution in [0.2, 0.25) is 0 Å². The molecule has 2 nitrogen and oxygen atoms in total. The largest absolute Gasteiger partial charge is 0.338 e. The molecule has 0 amide bonds. The minimum atomic E-state index is -3.57. The number of halogens is 2. The molecule has 0 aliphatic rings. The van der Waals surface area contributed by atoms with E-state index in [1.54, 1.807) is 36.4 Å². The third-order valence-electron chi connectivity index (χ3n) is 2.36. The predicted molar refractivity (Wildman–Crippen MR) is 77.4 cm³/mol. The molecule has 0 bridgehead atoms. The van der Waals surface area contributed by atoms with Crippen LogP contribution in [0.5, 0.6) is 0 Å². The Balaban J connectivity index is 2.63. The summed E-state index contributed by atoms with van der Waals surface area (Å²) in [5, 5.41) is 0.818. The van der Waals surface area contributed by atoms with Crippen LogP contribution in [0, 0.1) is 0 Å². The van der Waals surface area contributed by atoms with Crippen LogP contribution in [-0.2, 0) is 4.57 Å². The van der Waals surface area contributed by atoms with E-state index in [0.29, 0.717) is 19.6 Å². The van der Waals surface area contributed by atoms with E-state index in [4.69, 9.17) is 0 Å². The molecule has 0 radical (unpaired) electrons. The van der Waals surface area contributed by atoms with Crippen molar-refractivity contribution < 1.29 is 9.46 Å². The molecule has 17 heavy (non-hydrogen) atoms. The van der Waals surface area contributed by atoms with Crippen molar-refractivity contribution in [3.63, 3.8) is 0 Å². The normalized spacial score (nSPS) is 11.5. The lowest BCUT2D eigenvalue weighted by Gasteiger charge is -2.15. The monoisotopic (exact) mass is 374 g/mol. The average molecular weight is 376 g/mol. The molecule has 0 unspecified atom stereocenters. The van der Waals surface area contributed by atoms with E-state index in [1.807, 2.05) is 12.1 Å². The maximum atomic E-state index is 12.6. The molecule has 2 aromatic carbocycles. The summed E-state index contributed by atoms with van der Waals surface area (Å²) in [6, 6.07) is 14.0. The minimum absolute atomic E-state index is 0.409. The second-order valence-electron chi connectivity index (χ2n) is 3.48. The van der Waals surface area contributed by atoms with Crippen LogP contribution in [0.1, 0.15) is 0 Å². The highest BCUT2D eigenvalue weighted by atomic mass is 79.9. The zero-order valence-corrected chi connectivity index (χ0v) is 12.7. The fraction of sp³-hybridized carbons (Fsp3) is 0. The maximum absolute atomic E-state index is 12.6. The van der Waals surface area contributed by atoms with E-state index in [9.17, 15) is 9.46 Å². The highest BCUT2D eigenvalue weighted by molar-refractivity contribution is 9.11. The molecule has 5 heteroatoms. The summed E-state index contributed by atoms with van der Waals surface area (Å²) in [5.41, 5.74) is 0. The van der Waals surface area contributed by atoms with Gasteiger partial charge in [-0.25, -0.2) is 0 Å². The Kier molecular flexibility index (Phi) is 3.88. The lowest BCUT2D eigenvalue weighted by Crippen LogP contribution is -2.17. The Labute approximate surface area is 116 Å². The van der Waals surface area contributed by atoms with Crippen LogP contribution in [0.4, 0.5) is 0 Å². The third-order valence-corrected chi connectivity index (χ3v) is 6.44. The van der Waals surface area contributed by atoms with E-state index in [2.05, 4.69) is 31.9 Å². The molecule has 0 fully saturated rings. The lowest BCUT2D eigenvalue weighted by molar-refractivity contribution is 0.500. The molecule has 0 saturated carbocycles. The molecule has 0 aliphatic heterocycles. The second kappa shape index (κ2) is 5.07. The van der Waals surface area contributed by atoms with Gasteiger partial charge in [-0.05, 0) is 56.1 Å². The van der Waals surface area contributed by atoms with E-state index in [-0.39, 0.29) is 0 Å². The minimum Gasteiger partial charge on any atom is -0.338 e. The van der Waals surface area contributed by atoms with Gasteiger partial charge < -0.3 is 4.89 Å². The van der Waals surface area contributed by atoms with Crippen LogP contribution in [0.15, 0.2) is 57.5 Å². The maximum Gasteiger partial charge on any atom is 0.261 e. The van der Waals surface area contributed by atoms with Crippen molar-refractivity contribution in [2.75, 3.05) is 0 Å². The van der Waals surface area contributed by atoms with E-state index < -0.39 is 7.37 Å². The Hall–Kier alpha value is -0.410. The van der Waals surface area contributed by atoms with Crippen molar-refractivity contribution in [2.24, 2.45) is 0 Å². The highest BCUT2D eigenvalue weighted by Crippen LogP contribution is 2.42. The molecule has 2 aromatic rings. The van der Waals surface area contributed by atoms with Crippen molar-refractivity contribution in [1.29, 1.82) is 0 Å². The van der Waals surface area contributed by atoms with Gasteiger partial charge >= 0.3 is 0 Å². The van der Waals surface area contributed by atoms with Crippen LogP contribution in [0.3, 0.4) is 0 Å². The number of rotatable bonds is 2. The summed E-state index contributed by atoms with van der Waals surface area (Å²) in [5.74, 6) is 0. The fourth-order valence-corrected chi connectivity index (χ4v) is 5.10. The topological polar surface area (TPSA) is 37.3 Å². The van der Waals surface area contributed by atoms with Gasteiger partial charge in [0.25, 0.3) is 7.37 Å². The van der Waals surface area contributed by atoms with Crippen molar-refractivity contribution >= 4 is 49.8 Å². The van der Waals surface area contributed by atoms with E-state index in [1.165, 1.54) is 0 Å². The Bertz CT molecular complexity index is 549. The fourth-order valence-electron chi connectivity index (χ4n) is 1.52. The van der Waals surface area contributed by atoms with Crippen LogP contribution in [-0.4, -0.2) is 4.89 Å². The van der Waals surface area contributed by atoms with Crippen molar-refractivity contribution in [2.45, 2.75) is 0 Å². The third kappa shape index (κ3) is 2.55. The summed E-state index contributed by atoms with van der Waals surface area (Å²) >= 11 is 6.61. The standard InChI is InChI=1S/C12H9Br2O2P/c13-9-5-1-3-7-11(9)17(15,16)12-8-4-2-6-10(12)14/h1-8H,(H,15,16). The quantitative estimate of drug-likeness (QED) is 0.816. The van der Waals surface area contributed by atoms with Gasteiger partial charge in [0.15, 0.2) is 0 Å². The first-order valence-corrected chi connectivity index (χ1v) is 8.11. The average Bonchev–Trinajstić information content (AvgIpc) is 2.29. The molecular weight excluding hydrogens is 367 g/mol. The summed E-state index contributed by atoms with van der Waals surface area (Å²) in [6.07, 6.45) is 0. The summed E-state index contributed by atoms with van der Waals surface area (Å²) in [4.78, 5) is 10.3. The SMILES string of the molecule is O=P(O)(c1ccccc1Br)c1ccccc1Br. The summed E-state index contributed by atoms with van der Waals surface area (Å²) in [6.45, 7) is 0. The molecule has 0 spiro atoms. The molecule has 0 aliphatic carbocycles. The first-order chi connectivity index (χ1) is 8.03. The van der Waals surface area contributed by atoms with Crippen molar-refractivity contribution in [3.05, 3.63) is 57.5 Å².